The standard InChI is InChI=1S/C37H32S/c1-23-17-20-34-33(21-23)31-15-8-16-32(37(31)38-34)36-29-13-6-4-11-27(29)35(28-12-5-7-14-30(28)36)26-19-18-24-9-2-3-10-25(24)22-26/h2-4,6,8-11,13,15-20,22-23,27,29H,5,7,12,14,21H2,1H3. The number of hydrogen-bond acceptors (Lipinski definition) is 1. The Morgan fingerprint density at radius 3 is 2.34 bits per heavy atom. The van der Waals surface area contributed by atoms with Crippen LogP contribution in [0.1, 0.15) is 54.2 Å². The van der Waals surface area contributed by atoms with Crippen LogP contribution in [0.2, 0.25) is 0 Å². The molecular weight excluding hydrogens is 476 g/mol. The summed E-state index contributed by atoms with van der Waals surface area (Å²) in [5.74, 6) is 1.39. The van der Waals surface area contributed by atoms with Crippen LogP contribution in [-0.4, -0.2) is 0 Å². The summed E-state index contributed by atoms with van der Waals surface area (Å²) in [5.41, 5.74) is 10.9. The predicted molar refractivity (Wildman–Crippen MR) is 165 cm³/mol. The summed E-state index contributed by atoms with van der Waals surface area (Å²) in [6, 6.07) is 23.1. The highest BCUT2D eigenvalue weighted by molar-refractivity contribution is 7.20. The van der Waals surface area contributed by atoms with Crippen LogP contribution in [0.15, 0.2) is 102 Å². The quantitative estimate of drug-likeness (QED) is 0.253. The summed E-state index contributed by atoms with van der Waals surface area (Å²) in [7, 11) is 0. The van der Waals surface area contributed by atoms with Gasteiger partial charge in [0.25, 0.3) is 0 Å². The number of allylic oxidation sites excluding steroid dienone is 9. The molecule has 0 amide bonds. The Bertz CT molecular complexity index is 1770. The van der Waals surface area contributed by atoms with E-state index in [1.54, 1.807) is 27.9 Å². The Morgan fingerprint density at radius 2 is 1.50 bits per heavy atom. The van der Waals surface area contributed by atoms with E-state index in [4.69, 9.17) is 0 Å². The van der Waals surface area contributed by atoms with Gasteiger partial charge in [0.2, 0.25) is 0 Å². The molecule has 0 radical (unpaired) electrons. The second-order valence-electron chi connectivity index (χ2n) is 11.5. The maximum Gasteiger partial charge on any atom is 0.0427 e. The molecule has 0 aliphatic heterocycles. The van der Waals surface area contributed by atoms with E-state index in [0.717, 1.165) is 6.42 Å². The van der Waals surface area contributed by atoms with Gasteiger partial charge in [0.05, 0.1) is 0 Å². The maximum absolute atomic E-state index is 2.49. The van der Waals surface area contributed by atoms with E-state index in [9.17, 15) is 0 Å². The lowest BCUT2D eigenvalue weighted by Gasteiger charge is -2.40. The second kappa shape index (κ2) is 8.82. The topological polar surface area (TPSA) is 0 Å². The Kier molecular flexibility index (Phi) is 5.23. The summed E-state index contributed by atoms with van der Waals surface area (Å²) >= 11 is 2.02. The van der Waals surface area contributed by atoms with Crippen molar-refractivity contribution in [2.45, 2.75) is 39.0 Å². The molecule has 4 aromatic rings. The Hall–Kier alpha value is -3.42. The average Bonchev–Trinajstić information content (AvgIpc) is 3.34. The molecule has 8 rings (SSSR count). The van der Waals surface area contributed by atoms with Crippen LogP contribution in [0.3, 0.4) is 0 Å². The van der Waals surface area contributed by atoms with Crippen LogP contribution in [0.5, 0.6) is 0 Å². The van der Waals surface area contributed by atoms with Crippen molar-refractivity contribution < 1.29 is 0 Å². The van der Waals surface area contributed by atoms with E-state index in [-0.39, 0.29) is 0 Å². The lowest BCUT2D eigenvalue weighted by Crippen LogP contribution is -2.25. The molecule has 0 spiro atoms. The zero-order valence-electron chi connectivity index (χ0n) is 21.9. The minimum absolute atomic E-state index is 0.387. The van der Waals surface area contributed by atoms with Gasteiger partial charge in [-0.05, 0) is 105 Å². The molecule has 0 nitrogen and oxygen atoms in total. The number of rotatable bonds is 2. The molecule has 186 valence electrons. The maximum atomic E-state index is 2.49. The van der Waals surface area contributed by atoms with Crippen molar-refractivity contribution in [1.82, 2.24) is 0 Å². The first-order valence-corrected chi connectivity index (χ1v) is 15.1. The summed E-state index contributed by atoms with van der Waals surface area (Å²) in [4.78, 5) is 1.47. The fourth-order valence-corrected chi connectivity index (χ4v) is 8.79. The van der Waals surface area contributed by atoms with Crippen molar-refractivity contribution in [3.05, 3.63) is 124 Å². The second-order valence-corrected chi connectivity index (χ2v) is 12.6. The summed E-state index contributed by atoms with van der Waals surface area (Å²) in [6.45, 7) is 2.34. The van der Waals surface area contributed by atoms with Crippen molar-refractivity contribution in [3.63, 3.8) is 0 Å². The largest absolute Gasteiger partial charge is 0.135 e. The van der Waals surface area contributed by atoms with Crippen molar-refractivity contribution in [2.75, 3.05) is 0 Å². The van der Waals surface area contributed by atoms with E-state index >= 15 is 0 Å². The van der Waals surface area contributed by atoms with Gasteiger partial charge < -0.3 is 0 Å². The molecule has 4 aliphatic rings. The number of benzene rings is 3. The van der Waals surface area contributed by atoms with Gasteiger partial charge in [-0.15, -0.1) is 11.3 Å². The van der Waals surface area contributed by atoms with Crippen molar-refractivity contribution in [1.29, 1.82) is 0 Å². The van der Waals surface area contributed by atoms with Gasteiger partial charge in [-0.3, -0.25) is 0 Å². The zero-order valence-corrected chi connectivity index (χ0v) is 22.7. The highest BCUT2D eigenvalue weighted by atomic mass is 32.1. The third-order valence-electron chi connectivity index (χ3n) is 9.22. The Balaban J connectivity index is 1.39. The SMILES string of the molecule is CC1C=Cc2sc3c(C4=C5CCCCC5=C(c5ccc6ccccc6c5)C5C=CC=CC45)cccc3c2C1. The molecule has 0 bridgehead atoms. The molecule has 0 saturated heterocycles. The summed E-state index contributed by atoms with van der Waals surface area (Å²) in [5, 5.41) is 4.15. The predicted octanol–water partition coefficient (Wildman–Crippen LogP) is 10.4. The smallest absolute Gasteiger partial charge is 0.0427 e. The van der Waals surface area contributed by atoms with Gasteiger partial charge in [-0.1, -0.05) is 91.9 Å². The normalized spacial score (nSPS) is 24.2. The Morgan fingerprint density at radius 1 is 0.737 bits per heavy atom. The molecule has 3 unspecified atom stereocenters. The number of thiophene rings is 1. The zero-order chi connectivity index (χ0) is 25.2. The number of hydrogen-bond donors (Lipinski definition) is 0. The monoisotopic (exact) mass is 508 g/mol. The molecule has 1 fully saturated rings. The lowest BCUT2D eigenvalue weighted by atomic mass is 9.64. The molecule has 3 aromatic carbocycles. The van der Waals surface area contributed by atoms with Crippen LogP contribution in [0, 0.1) is 17.8 Å². The van der Waals surface area contributed by atoms with E-state index in [1.165, 1.54) is 62.5 Å². The van der Waals surface area contributed by atoms with Gasteiger partial charge >= 0.3 is 0 Å². The van der Waals surface area contributed by atoms with Gasteiger partial charge in [0.1, 0.15) is 0 Å². The highest BCUT2D eigenvalue weighted by Gasteiger charge is 2.38. The van der Waals surface area contributed by atoms with Crippen LogP contribution in [0.4, 0.5) is 0 Å². The molecule has 1 heteroatoms. The van der Waals surface area contributed by atoms with Gasteiger partial charge in [0, 0.05) is 21.4 Å². The van der Waals surface area contributed by atoms with E-state index < -0.39 is 0 Å². The summed E-state index contributed by atoms with van der Waals surface area (Å²) < 4.78 is 1.50. The minimum Gasteiger partial charge on any atom is -0.135 e. The number of fused-ring (bicyclic) bond motifs is 6. The molecule has 3 atom stereocenters. The first-order valence-electron chi connectivity index (χ1n) is 14.3. The van der Waals surface area contributed by atoms with Crippen LogP contribution in [0.25, 0.3) is 38.1 Å². The molecule has 4 aliphatic carbocycles. The van der Waals surface area contributed by atoms with Crippen LogP contribution >= 0.6 is 11.3 Å². The Labute approximate surface area is 229 Å². The molecule has 0 N–H and O–H groups in total. The first-order chi connectivity index (χ1) is 18.8. The third-order valence-corrected chi connectivity index (χ3v) is 10.5. The average molecular weight is 509 g/mol. The molecular formula is C37H32S. The van der Waals surface area contributed by atoms with Crippen molar-refractivity contribution >= 4 is 49.4 Å². The van der Waals surface area contributed by atoms with Crippen molar-refractivity contribution in [2.24, 2.45) is 17.8 Å². The van der Waals surface area contributed by atoms with E-state index in [0.29, 0.717) is 17.8 Å². The molecule has 38 heavy (non-hydrogen) atoms. The first kappa shape index (κ1) is 22.6. The molecule has 1 aromatic heterocycles. The highest BCUT2D eigenvalue weighted by Crippen LogP contribution is 2.55. The third kappa shape index (κ3) is 3.41. The van der Waals surface area contributed by atoms with Crippen LogP contribution < -0.4 is 0 Å². The van der Waals surface area contributed by atoms with Crippen LogP contribution in [-0.2, 0) is 6.42 Å². The van der Waals surface area contributed by atoms with Gasteiger partial charge in [-0.25, -0.2) is 0 Å². The van der Waals surface area contributed by atoms with Gasteiger partial charge in [-0.2, -0.15) is 0 Å². The van der Waals surface area contributed by atoms with E-state index in [1.807, 2.05) is 11.3 Å². The lowest BCUT2D eigenvalue weighted by molar-refractivity contribution is 0.625. The van der Waals surface area contributed by atoms with E-state index in [2.05, 4.69) is 104 Å². The van der Waals surface area contributed by atoms with Gasteiger partial charge in [0.15, 0.2) is 0 Å². The molecule has 1 heterocycles. The fourth-order valence-electron chi connectivity index (χ4n) is 7.51. The summed E-state index contributed by atoms with van der Waals surface area (Å²) in [6.07, 6.45) is 20.5. The molecule has 1 saturated carbocycles. The van der Waals surface area contributed by atoms with Crippen molar-refractivity contribution in [3.8, 4) is 0 Å². The fraction of sp³-hybridized carbons (Fsp3) is 0.243. The minimum atomic E-state index is 0.387.